The van der Waals surface area contributed by atoms with E-state index in [0.717, 1.165) is 16.9 Å². The number of hydrogen-bond donors (Lipinski definition) is 3. The minimum atomic E-state index is -4.11. The number of carbonyl (C=O) groups excluding carboxylic acids is 1. The zero-order valence-electron chi connectivity index (χ0n) is 19.5. The number of halogens is 2. The van der Waals surface area contributed by atoms with Crippen LogP contribution in [0, 0.1) is 5.92 Å². The molecule has 1 aliphatic carbocycles. The normalized spacial score (nSPS) is 20.6. The molecule has 0 radical (unpaired) electrons. The Bertz CT molecular complexity index is 1390. The summed E-state index contributed by atoms with van der Waals surface area (Å²) in [6.07, 6.45) is 2.07. The van der Waals surface area contributed by atoms with Gasteiger partial charge >= 0.3 is 10.3 Å². The average molecular weight is 588 g/mol. The fourth-order valence-corrected chi connectivity index (χ4v) is 6.14. The van der Waals surface area contributed by atoms with Crippen LogP contribution in [0.1, 0.15) is 45.3 Å². The Morgan fingerprint density at radius 2 is 2.11 bits per heavy atom. The van der Waals surface area contributed by atoms with Gasteiger partial charge in [-0.1, -0.05) is 35.3 Å². The van der Waals surface area contributed by atoms with Gasteiger partial charge in [0.2, 0.25) is 5.78 Å². The lowest BCUT2D eigenvalue weighted by Crippen LogP contribution is -2.24. The van der Waals surface area contributed by atoms with Gasteiger partial charge in [0.15, 0.2) is 0 Å². The van der Waals surface area contributed by atoms with Crippen molar-refractivity contribution in [1.29, 1.82) is 0 Å². The summed E-state index contributed by atoms with van der Waals surface area (Å²) >= 11 is 13.8. The number of ether oxygens (including phenoxy) is 1. The Morgan fingerprint density at radius 3 is 2.81 bits per heavy atom. The van der Waals surface area contributed by atoms with Crippen LogP contribution in [-0.4, -0.2) is 55.1 Å². The second-order valence-electron chi connectivity index (χ2n) is 8.54. The monoisotopic (exact) mass is 586 g/mol. The van der Waals surface area contributed by atoms with E-state index in [4.69, 9.17) is 33.1 Å². The lowest BCUT2D eigenvalue weighted by molar-refractivity contribution is 0.101. The van der Waals surface area contributed by atoms with Crippen LogP contribution in [0.25, 0.3) is 0 Å². The third-order valence-corrected chi connectivity index (χ3v) is 8.10. The number of nitrogens with one attached hydrogen (secondary N) is 1. The molecule has 0 saturated heterocycles. The first-order chi connectivity index (χ1) is 17.6. The van der Waals surface area contributed by atoms with E-state index >= 15 is 0 Å². The fourth-order valence-electron chi connectivity index (χ4n) is 4.30. The molecule has 37 heavy (non-hydrogen) atoms. The van der Waals surface area contributed by atoms with Gasteiger partial charge in [0.1, 0.15) is 18.2 Å². The number of rotatable bonds is 10. The van der Waals surface area contributed by atoms with E-state index in [-0.39, 0.29) is 29.8 Å². The van der Waals surface area contributed by atoms with Crippen molar-refractivity contribution in [2.75, 3.05) is 19.0 Å². The Hall–Kier alpha value is -2.16. The maximum atomic E-state index is 13.5. The average Bonchev–Trinajstić information content (AvgIpc) is 3.39. The van der Waals surface area contributed by atoms with E-state index in [1.165, 1.54) is 12.5 Å². The molecule has 1 aromatic carbocycles. The molecule has 3 aromatic rings. The molecule has 0 spiro atoms. The predicted molar refractivity (Wildman–Crippen MR) is 140 cm³/mol. The van der Waals surface area contributed by atoms with Crippen molar-refractivity contribution in [2.45, 2.75) is 31.1 Å². The zero-order valence-corrected chi connectivity index (χ0v) is 22.6. The molecule has 0 amide bonds. The number of anilines is 1. The van der Waals surface area contributed by atoms with E-state index in [2.05, 4.69) is 19.5 Å². The molecule has 0 unspecified atom stereocenters. The number of ketones is 1. The minimum absolute atomic E-state index is 0.224. The summed E-state index contributed by atoms with van der Waals surface area (Å²) in [5, 5.41) is 18.9. The van der Waals surface area contributed by atoms with Gasteiger partial charge < -0.3 is 15.2 Å². The number of nitrogens with two attached hydrogens (primary N) is 1. The van der Waals surface area contributed by atoms with Crippen LogP contribution >= 0.6 is 34.5 Å². The van der Waals surface area contributed by atoms with Gasteiger partial charge in [0.05, 0.1) is 27.5 Å². The van der Waals surface area contributed by atoms with Crippen LogP contribution in [0.4, 0.5) is 5.82 Å². The summed E-state index contributed by atoms with van der Waals surface area (Å²) in [4.78, 5) is 22.1. The Kier molecular flexibility index (Phi) is 8.81. The summed E-state index contributed by atoms with van der Waals surface area (Å²) in [5.74, 6) is -0.503. The molecule has 4 rings (SSSR count). The molecule has 1 saturated carbocycles. The van der Waals surface area contributed by atoms with Gasteiger partial charge in [0.25, 0.3) is 0 Å². The van der Waals surface area contributed by atoms with Gasteiger partial charge in [-0.15, -0.1) is 11.3 Å². The summed E-state index contributed by atoms with van der Waals surface area (Å²) < 4.78 is 32.9. The van der Waals surface area contributed by atoms with Gasteiger partial charge in [0, 0.05) is 35.9 Å². The van der Waals surface area contributed by atoms with Crippen LogP contribution in [-0.2, 0) is 19.2 Å². The summed E-state index contributed by atoms with van der Waals surface area (Å²) in [5.41, 5.74) is 1.64. The first-order valence-corrected chi connectivity index (χ1v) is 14.1. The summed E-state index contributed by atoms with van der Waals surface area (Å²) in [6, 6.07) is 8.59. The van der Waals surface area contributed by atoms with Gasteiger partial charge in [-0.3, -0.25) is 8.98 Å². The number of hydrogen-bond acceptors (Lipinski definition) is 10. The standard InChI is InChI=1S/C23H24Cl2N4O6S2/c1-34-21(12-3-2-4-14(24)5-12)16-8-19(36-22(16)25)20(31)17-9-27-11-28-23(17)29-15-6-13(18(30)7-15)10-35-37(26,32)33/h2-5,8-9,11,13,15,18,21,30H,6-7,10H2,1H3,(H2,26,32,33)(H,27,28,29)/t13-,15-,18+,21-/m1/s1. The van der Waals surface area contributed by atoms with Crippen LogP contribution in [0.3, 0.4) is 0 Å². The van der Waals surface area contributed by atoms with Crippen molar-refractivity contribution in [1.82, 2.24) is 9.97 Å². The number of aromatic nitrogens is 2. The Morgan fingerprint density at radius 1 is 1.32 bits per heavy atom. The highest BCUT2D eigenvalue weighted by Gasteiger charge is 2.35. The maximum absolute atomic E-state index is 13.5. The van der Waals surface area contributed by atoms with E-state index < -0.39 is 28.4 Å². The van der Waals surface area contributed by atoms with Crippen molar-refractivity contribution in [2.24, 2.45) is 11.1 Å². The highest BCUT2D eigenvalue weighted by molar-refractivity contribution is 7.84. The molecule has 4 atom stereocenters. The number of carbonyl (C=O) groups is 1. The van der Waals surface area contributed by atoms with Gasteiger partial charge in [-0.2, -0.15) is 8.42 Å². The minimum Gasteiger partial charge on any atom is -0.393 e. The van der Waals surface area contributed by atoms with Gasteiger partial charge in [-0.05, 0) is 36.6 Å². The highest BCUT2D eigenvalue weighted by atomic mass is 35.5. The first kappa shape index (κ1) is 27.9. The van der Waals surface area contributed by atoms with E-state index in [1.54, 1.807) is 31.4 Å². The van der Waals surface area contributed by atoms with Crippen molar-refractivity contribution in [3.8, 4) is 0 Å². The Labute approximate surface area is 228 Å². The molecule has 1 aliphatic rings. The molecular formula is C23H24Cl2N4O6S2. The van der Waals surface area contributed by atoms with Crippen molar-refractivity contribution in [3.05, 3.63) is 73.8 Å². The number of thiophene rings is 1. The smallest absolute Gasteiger partial charge is 0.333 e. The zero-order chi connectivity index (χ0) is 26.7. The van der Waals surface area contributed by atoms with E-state index in [0.29, 0.717) is 32.6 Å². The Balaban J connectivity index is 1.53. The molecular weight excluding hydrogens is 563 g/mol. The SMILES string of the molecule is CO[C@H](c1cccc(Cl)c1)c1cc(C(=O)c2cncnc2N[C@@H]2C[C@H](COS(N)(=O)=O)[C@@H](O)C2)sc1Cl. The molecule has 2 aromatic heterocycles. The number of methoxy groups -OCH3 is 1. The van der Waals surface area contributed by atoms with E-state index in [1.807, 2.05) is 6.07 Å². The van der Waals surface area contributed by atoms with Crippen molar-refractivity contribution in [3.63, 3.8) is 0 Å². The van der Waals surface area contributed by atoms with Crippen LogP contribution in [0.2, 0.25) is 9.36 Å². The number of nitrogens with zero attached hydrogens (tertiary/aromatic N) is 2. The summed E-state index contributed by atoms with van der Waals surface area (Å²) in [7, 11) is -2.56. The fraction of sp³-hybridized carbons (Fsp3) is 0.348. The third-order valence-electron chi connectivity index (χ3n) is 6.01. The first-order valence-electron chi connectivity index (χ1n) is 11.1. The highest BCUT2D eigenvalue weighted by Crippen LogP contribution is 2.39. The number of benzene rings is 1. The molecule has 14 heteroatoms. The van der Waals surface area contributed by atoms with Crippen LogP contribution in [0.5, 0.6) is 0 Å². The molecule has 2 heterocycles. The largest absolute Gasteiger partial charge is 0.393 e. The van der Waals surface area contributed by atoms with Crippen LogP contribution in [0.15, 0.2) is 42.9 Å². The molecule has 0 aliphatic heterocycles. The third kappa shape index (κ3) is 6.84. The second kappa shape index (κ2) is 11.7. The van der Waals surface area contributed by atoms with Crippen molar-refractivity contribution < 1.29 is 27.2 Å². The molecule has 0 bridgehead atoms. The molecule has 10 nitrogen and oxygen atoms in total. The maximum Gasteiger partial charge on any atom is 0.333 e. The predicted octanol–water partition coefficient (Wildman–Crippen LogP) is 3.58. The molecule has 4 N–H and O–H groups in total. The van der Waals surface area contributed by atoms with Gasteiger partial charge in [-0.25, -0.2) is 15.1 Å². The topological polar surface area (TPSA) is 154 Å². The summed E-state index contributed by atoms with van der Waals surface area (Å²) in [6.45, 7) is -0.239. The van der Waals surface area contributed by atoms with Crippen molar-refractivity contribution >= 4 is 56.4 Å². The molecule has 198 valence electrons. The van der Waals surface area contributed by atoms with E-state index in [9.17, 15) is 18.3 Å². The number of aliphatic hydroxyl groups is 1. The molecule has 1 fully saturated rings. The lowest BCUT2D eigenvalue weighted by atomic mass is 10.0. The quantitative estimate of drug-likeness (QED) is 0.302. The second-order valence-corrected chi connectivity index (χ2v) is 11.9. The lowest BCUT2D eigenvalue weighted by Gasteiger charge is -2.16. The van der Waals surface area contributed by atoms with Crippen LogP contribution < -0.4 is 10.5 Å². The number of aliphatic hydroxyl groups excluding tert-OH is 1.